The lowest BCUT2D eigenvalue weighted by molar-refractivity contribution is 0.0653. The Bertz CT molecular complexity index is 1280. The molecule has 0 bridgehead atoms. The number of anilines is 1. The SMILES string of the molecule is O=C(Nc1c(Br)cc(Cl)cc1C(=O)N1CCC1)c1cc(OC2CSC2)nn1-c1ncccc1Cl. The van der Waals surface area contributed by atoms with Gasteiger partial charge in [-0.15, -0.1) is 5.10 Å². The minimum absolute atomic E-state index is 0.0367. The summed E-state index contributed by atoms with van der Waals surface area (Å²) in [6.07, 6.45) is 2.55. The van der Waals surface area contributed by atoms with Crippen molar-refractivity contribution in [2.75, 3.05) is 29.9 Å². The summed E-state index contributed by atoms with van der Waals surface area (Å²) in [7, 11) is 0. The van der Waals surface area contributed by atoms with Crippen LogP contribution in [0.5, 0.6) is 5.88 Å². The van der Waals surface area contributed by atoms with E-state index in [0.717, 1.165) is 17.9 Å². The van der Waals surface area contributed by atoms with E-state index in [1.807, 2.05) is 0 Å². The molecule has 3 aromatic rings. The second-order valence-electron chi connectivity index (χ2n) is 7.78. The van der Waals surface area contributed by atoms with E-state index in [4.69, 9.17) is 27.9 Å². The predicted molar refractivity (Wildman–Crippen MR) is 136 cm³/mol. The van der Waals surface area contributed by atoms with Gasteiger partial charge >= 0.3 is 0 Å². The number of benzene rings is 1. The first-order chi connectivity index (χ1) is 16.4. The molecular formula is C22H18BrCl2N5O3S. The smallest absolute Gasteiger partial charge is 0.274 e. The van der Waals surface area contributed by atoms with E-state index < -0.39 is 5.91 Å². The van der Waals surface area contributed by atoms with Gasteiger partial charge in [-0.2, -0.15) is 11.8 Å². The minimum atomic E-state index is -0.507. The maximum atomic E-state index is 13.5. The Kier molecular flexibility index (Phi) is 6.74. The molecule has 34 heavy (non-hydrogen) atoms. The van der Waals surface area contributed by atoms with Crippen molar-refractivity contribution in [2.45, 2.75) is 12.5 Å². The Labute approximate surface area is 218 Å². The zero-order chi connectivity index (χ0) is 23.8. The summed E-state index contributed by atoms with van der Waals surface area (Å²) in [5.41, 5.74) is 0.785. The minimum Gasteiger partial charge on any atom is -0.472 e. The Morgan fingerprint density at radius 2 is 2.00 bits per heavy atom. The maximum absolute atomic E-state index is 13.5. The first kappa shape index (κ1) is 23.5. The maximum Gasteiger partial charge on any atom is 0.274 e. The number of amides is 2. The predicted octanol–water partition coefficient (Wildman–Crippen LogP) is 4.93. The molecule has 0 atom stereocenters. The van der Waals surface area contributed by atoms with E-state index >= 15 is 0 Å². The van der Waals surface area contributed by atoms with Gasteiger partial charge in [0.2, 0.25) is 5.88 Å². The van der Waals surface area contributed by atoms with Crippen LogP contribution in [0, 0.1) is 0 Å². The highest BCUT2D eigenvalue weighted by molar-refractivity contribution is 9.10. The van der Waals surface area contributed by atoms with E-state index in [-0.39, 0.29) is 17.7 Å². The number of pyridine rings is 1. The molecule has 0 radical (unpaired) electrons. The molecule has 0 saturated carbocycles. The highest BCUT2D eigenvalue weighted by atomic mass is 79.9. The largest absolute Gasteiger partial charge is 0.472 e. The highest BCUT2D eigenvalue weighted by Gasteiger charge is 2.28. The summed E-state index contributed by atoms with van der Waals surface area (Å²) in [5, 5.41) is 8.00. The number of thioether (sulfide) groups is 1. The molecule has 2 aromatic heterocycles. The fourth-order valence-corrected chi connectivity index (χ4v) is 5.14. The number of ether oxygens (including phenoxy) is 1. The molecule has 12 heteroatoms. The number of halogens is 3. The van der Waals surface area contributed by atoms with E-state index in [1.165, 1.54) is 4.68 Å². The highest BCUT2D eigenvalue weighted by Crippen LogP contribution is 2.33. The van der Waals surface area contributed by atoms with Crippen molar-refractivity contribution in [3.8, 4) is 11.7 Å². The van der Waals surface area contributed by atoms with Gasteiger partial charge in [-0.25, -0.2) is 9.67 Å². The number of carbonyl (C=O) groups excluding carboxylic acids is 2. The standard InChI is InChI=1S/C22H18BrCl2N5O3S/c23-15-8-12(24)7-14(22(32)29-5-2-6-29)19(15)27-21(31)17-9-18(33-13-10-34-11-13)28-30(17)20-16(25)3-1-4-26-20/h1,3-4,7-9,13H,2,5-6,10-11H2,(H,27,31). The third-order valence-corrected chi connectivity index (χ3v) is 7.78. The number of aromatic nitrogens is 3. The van der Waals surface area contributed by atoms with Crippen LogP contribution < -0.4 is 10.1 Å². The quantitative estimate of drug-likeness (QED) is 0.443. The molecule has 4 heterocycles. The summed E-state index contributed by atoms with van der Waals surface area (Å²) in [4.78, 5) is 32.5. The van der Waals surface area contributed by atoms with Crippen LogP contribution >= 0.6 is 50.9 Å². The van der Waals surface area contributed by atoms with Crippen molar-refractivity contribution in [1.82, 2.24) is 19.7 Å². The van der Waals surface area contributed by atoms with Crippen molar-refractivity contribution in [3.63, 3.8) is 0 Å². The second-order valence-corrected chi connectivity index (χ2v) is 10.5. The molecule has 8 nitrogen and oxygen atoms in total. The Morgan fingerprint density at radius 3 is 2.65 bits per heavy atom. The molecule has 1 N–H and O–H groups in total. The lowest BCUT2D eigenvalue weighted by Crippen LogP contribution is -2.42. The van der Waals surface area contributed by atoms with Gasteiger partial charge in [-0.1, -0.05) is 23.2 Å². The molecule has 2 amide bonds. The third kappa shape index (κ3) is 4.64. The molecule has 0 unspecified atom stereocenters. The first-order valence-corrected chi connectivity index (χ1v) is 13.2. The molecule has 2 saturated heterocycles. The van der Waals surface area contributed by atoms with Crippen molar-refractivity contribution in [2.24, 2.45) is 0 Å². The van der Waals surface area contributed by atoms with Crippen LogP contribution in [0.1, 0.15) is 27.3 Å². The van der Waals surface area contributed by atoms with Gasteiger partial charge in [-0.05, 0) is 46.6 Å². The number of rotatable bonds is 6. The van der Waals surface area contributed by atoms with Gasteiger partial charge in [0.1, 0.15) is 11.8 Å². The third-order valence-electron chi connectivity index (χ3n) is 5.42. The number of likely N-dealkylation sites (tertiary alicyclic amines) is 1. The summed E-state index contributed by atoms with van der Waals surface area (Å²) in [6.45, 7) is 1.34. The monoisotopic (exact) mass is 581 g/mol. The molecule has 0 aliphatic carbocycles. The zero-order valence-electron chi connectivity index (χ0n) is 17.6. The molecule has 176 valence electrons. The summed E-state index contributed by atoms with van der Waals surface area (Å²) >= 11 is 17.8. The molecule has 1 aromatic carbocycles. The molecular weight excluding hydrogens is 565 g/mol. The second kappa shape index (κ2) is 9.77. The topological polar surface area (TPSA) is 89.4 Å². The van der Waals surface area contributed by atoms with Gasteiger partial charge in [-0.3, -0.25) is 9.59 Å². The van der Waals surface area contributed by atoms with Gasteiger partial charge in [0.15, 0.2) is 5.82 Å². The lowest BCUT2D eigenvalue weighted by Gasteiger charge is -2.31. The van der Waals surface area contributed by atoms with Gasteiger partial charge in [0.05, 0.1) is 16.3 Å². The van der Waals surface area contributed by atoms with Crippen LogP contribution in [0.25, 0.3) is 5.82 Å². The average molecular weight is 583 g/mol. The number of hydrogen-bond acceptors (Lipinski definition) is 6. The van der Waals surface area contributed by atoms with Crippen molar-refractivity contribution >= 4 is 68.4 Å². The zero-order valence-corrected chi connectivity index (χ0v) is 21.5. The number of carbonyl (C=O) groups is 2. The van der Waals surface area contributed by atoms with E-state index in [2.05, 4.69) is 31.3 Å². The molecule has 2 aliphatic rings. The van der Waals surface area contributed by atoms with Gasteiger partial charge < -0.3 is 15.0 Å². The van der Waals surface area contributed by atoms with Crippen LogP contribution in [0.3, 0.4) is 0 Å². The van der Waals surface area contributed by atoms with Crippen molar-refractivity contribution < 1.29 is 14.3 Å². The number of nitrogens with zero attached hydrogens (tertiary/aromatic N) is 4. The first-order valence-electron chi connectivity index (χ1n) is 10.5. The van der Waals surface area contributed by atoms with Gasteiger partial charge in [0, 0.05) is 46.4 Å². The van der Waals surface area contributed by atoms with Crippen LogP contribution in [0.2, 0.25) is 10.0 Å². The summed E-state index contributed by atoms with van der Waals surface area (Å²) in [5.74, 6) is 1.60. The Hall–Kier alpha value is -2.27. The fraction of sp³-hybridized carbons (Fsp3) is 0.273. The van der Waals surface area contributed by atoms with Crippen LogP contribution in [-0.4, -0.2) is 62.2 Å². The van der Waals surface area contributed by atoms with Crippen LogP contribution in [0.4, 0.5) is 5.69 Å². The van der Waals surface area contributed by atoms with Crippen molar-refractivity contribution in [3.05, 3.63) is 62.3 Å². The molecule has 2 aliphatic heterocycles. The van der Waals surface area contributed by atoms with E-state index in [9.17, 15) is 9.59 Å². The average Bonchev–Trinajstić information content (AvgIpc) is 3.15. The fourth-order valence-electron chi connectivity index (χ4n) is 3.46. The van der Waals surface area contributed by atoms with Gasteiger partial charge in [0.25, 0.3) is 11.8 Å². The van der Waals surface area contributed by atoms with E-state index in [0.29, 0.717) is 50.6 Å². The normalized spacial score (nSPS) is 15.4. The van der Waals surface area contributed by atoms with Crippen LogP contribution in [-0.2, 0) is 0 Å². The Morgan fingerprint density at radius 1 is 1.21 bits per heavy atom. The molecule has 5 rings (SSSR count). The molecule has 0 spiro atoms. The van der Waals surface area contributed by atoms with Crippen molar-refractivity contribution in [1.29, 1.82) is 0 Å². The molecule has 2 fully saturated rings. The Balaban J connectivity index is 1.51. The van der Waals surface area contributed by atoms with Crippen LogP contribution in [0.15, 0.2) is 41.0 Å². The summed E-state index contributed by atoms with van der Waals surface area (Å²) < 4.78 is 7.73. The number of hydrogen-bond donors (Lipinski definition) is 1. The number of nitrogens with one attached hydrogen (secondary N) is 1. The van der Waals surface area contributed by atoms with E-state index in [1.54, 1.807) is 53.2 Å². The summed E-state index contributed by atoms with van der Waals surface area (Å²) in [6, 6.07) is 8.08. The lowest BCUT2D eigenvalue weighted by atomic mass is 10.1.